The van der Waals surface area contributed by atoms with E-state index >= 15 is 0 Å². The van der Waals surface area contributed by atoms with Crippen molar-refractivity contribution in [3.8, 4) is 66.8 Å². The Balaban J connectivity index is 0.769. The van der Waals surface area contributed by atoms with Gasteiger partial charge in [-0.1, -0.05) is 352 Å². The van der Waals surface area contributed by atoms with Crippen LogP contribution in [0.4, 0.5) is 34.1 Å². The molecule has 0 spiro atoms. The fraction of sp³-hybridized carbons (Fsp3) is 0. The Morgan fingerprint density at radius 3 is 0.740 bits per heavy atom. The number of anilines is 6. The van der Waals surface area contributed by atoms with Crippen molar-refractivity contribution in [2.75, 3.05) is 14.4 Å². The summed E-state index contributed by atoms with van der Waals surface area (Å²) >= 11 is 0. The summed E-state index contributed by atoms with van der Waals surface area (Å²) in [6.45, 7) is -0.139. The van der Waals surface area contributed by atoms with Crippen LogP contribution < -0.4 is 88.7 Å². The Bertz CT molecular complexity index is 6130. The highest BCUT2D eigenvalue weighted by atomic mass is 28.3. The van der Waals surface area contributed by atoms with Crippen molar-refractivity contribution in [3.05, 3.63) is 388 Å². The van der Waals surface area contributed by atoms with Crippen LogP contribution in [-0.2, 0) is 0 Å². The minimum atomic E-state index is -3.28. The van der Waals surface area contributed by atoms with Crippen molar-refractivity contribution >= 4 is 145 Å². The number of para-hydroxylation sites is 4. The van der Waals surface area contributed by atoms with Gasteiger partial charge in [0.05, 0.1) is 0 Å². The fourth-order valence-corrected chi connectivity index (χ4v) is 29.3. The Hall–Kier alpha value is -12.5. The van der Waals surface area contributed by atoms with Gasteiger partial charge in [0.25, 0.3) is 0 Å². The Kier molecular flexibility index (Phi) is 13.1. The summed E-state index contributed by atoms with van der Waals surface area (Å²) in [6, 6.07) is 150. The third kappa shape index (κ3) is 8.26. The molecule has 0 amide bonds. The predicted octanol–water partition coefficient (Wildman–Crippen LogP) is 13.2. The number of hydrogen-bond donors (Lipinski definition) is 0. The molecule has 6 aliphatic heterocycles. The third-order valence-corrected chi connectivity index (χ3v) is 33.5. The molecule has 0 N–H and O–H groups in total. The monoisotopic (exact) mass is 1350 g/mol. The van der Waals surface area contributed by atoms with Gasteiger partial charge < -0.3 is 14.4 Å². The molecule has 0 aromatic heterocycles. The number of nitrogens with zero attached hydrogens (tertiary/aromatic N) is 3. The van der Waals surface area contributed by atoms with Crippen molar-refractivity contribution in [1.29, 1.82) is 0 Å². The van der Waals surface area contributed by atoms with Crippen LogP contribution in [0.2, 0.25) is 0 Å². The molecule has 0 bridgehead atoms. The van der Waals surface area contributed by atoms with E-state index in [9.17, 15) is 0 Å². The van der Waals surface area contributed by atoms with Gasteiger partial charge in [-0.05, 0) is 144 Å². The summed E-state index contributed by atoms with van der Waals surface area (Å²) in [5.74, 6) is 0. The average molecular weight is 1350 g/mol. The SMILES string of the molecule is c1ccc([Si](c2ccccc2)(c2ccc3c(c2)-c2ccccc2N2B3c3ccccc3-c3ccccc32)c2ccc3c(c2)-c2ccccc2B2c4ccccc4-c4ccc([Si](c5ccccc5)(c5ccccc5)c5ccc6c(c5)-c5ccccc5N5B6c6ccccc6-c6ccccc65)cc4N23)cc1. The van der Waals surface area contributed by atoms with E-state index in [0.717, 1.165) is 0 Å². The molecule has 16 aromatic carbocycles. The molecular formula is C96H64B3N3Si2. The van der Waals surface area contributed by atoms with Crippen molar-refractivity contribution in [2.24, 2.45) is 0 Å². The third-order valence-electron chi connectivity index (χ3n) is 24.0. The molecule has 0 atom stereocenters. The first kappa shape index (κ1) is 59.3. The van der Waals surface area contributed by atoms with E-state index in [1.165, 1.54) is 175 Å². The van der Waals surface area contributed by atoms with E-state index in [-0.39, 0.29) is 20.5 Å². The van der Waals surface area contributed by atoms with Gasteiger partial charge in [-0.15, -0.1) is 0 Å². The summed E-state index contributed by atoms with van der Waals surface area (Å²) in [4.78, 5) is 7.98. The normalized spacial score (nSPS) is 13.5. The summed E-state index contributed by atoms with van der Waals surface area (Å²) < 4.78 is 0. The lowest BCUT2D eigenvalue weighted by molar-refractivity contribution is 1.35. The largest absolute Gasteiger partial charge is 0.376 e. The molecular weight excluding hydrogens is 1280 g/mol. The zero-order chi connectivity index (χ0) is 68.2. The van der Waals surface area contributed by atoms with E-state index in [1.807, 2.05) is 0 Å². The maximum absolute atomic E-state index is 3.28. The average Bonchev–Trinajstić information content (AvgIpc) is 0.705. The van der Waals surface area contributed by atoms with Crippen LogP contribution in [0.25, 0.3) is 66.8 Å². The summed E-state index contributed by atoms with van der Waals surface area (Å²) in [5.41, 5.74) is 30.6. The molecule has 6 heterocycles. The van der Waals surface area contributed by atoms with Gasteiger partial charge >= 0.3 is 20.5 Å². The summed E-state index contributed by atoms with van der Waals surface area (Å²) in [5, 5.41) is 10.8. The molecule has 3 nitrogen and oxygen atoms in total. The second-order valence-corrected chi connectivity index (χ2v) is 36.4. The molecule has 0 saturated carbocycles. The van der Waals surface area contributed by atoms with Gasteiger partial charge in [0, 0.05) is 67.5 Å². The minimum absolute atomic E-state index is 0.0136. The zero-order valence-corrected chi connectivity index (χ0v) is 59.0. The lowest BCUT2D eigenvalue weighted by Crippen LogP contribution is -2.75. The first-order valence-corrected chi connectivity index (χ1v) is 40.6. The highest BCUT2D eigenvalue weighted by Gasteiger charge is 2.51. The maximum Gasteiger partial charge on any atom is 0.329 e. The van der Waals surface area contributed by atoms with E-state index in [1.54, 1.807) is 0 Å². The van der Waals surface area contributed by atoms with Crippen LogP contribution in [0.1, 0.15) is 0 Å². The van der Waals surface area contributed by atoms with E-state index in [0.29, 0.717) is 0 Å². The molecule has 0 unspecified atom stereocenters. The summed E-state index contributed by atoms with van der Waals surface area (Å²) in [6.07, 6.45) is 0. The van der Waals surface area contributed by atoms with Crippen LogP contribution in [-0.4, -0.2) is 36.7 Å². The summed E-state index contributed by atoms with van der Waals surface area (Å²) in [7, 11) is -6.54. The Labute approximate surface area is 610 Å². The van der Waals surface area contributed by atoms with Crippen molar-refractivity contribution in [1.82, 2.24) is 0 Å². The first-order valence-electron chi connectivity index (χ1n) is 36.6. The van der Waals surface area contributed by atoms with Crippen molar-refractivity contribution in [3.63, 3.8) is 0 Å². The standard InChI is InChI=1S/C96H64B3N3Si2/c1-5-29-65(30-6-1)103(66-31-7-2-8-32-66,69-54-58-89-82(61-69)79-43-19-27-51-93(79)100-91-49-25-17-41-77(91)73-37-13-21-45-85(73)98(89)100)71-56-60-95-84(63-71)76-40-16-24-48-88(76)97-87-47-23-15-39-75(87)81-57-53-72(64-96(81)102(95)97)104(67-33-9-3-10-34-67,68-35-11-4-12-36-68)70-55-59-90-83(62-70)80-44-20-28-52-94(80)101-92-50-26-18-42-78(92)74-38-14-22-46-86(74)99(90)101/h1-64H. The van der Waals surface area contributed by atoms with Crippen LogP contribution >= 0.6 is 0 Å². The number of rotatable bonds is 8. The molecule has 0 radical (unpaired) electrons. The topological polar surface area (TPSA) is 9.72 Å². The molecule has 104 heavy (non-hydrogen) atoms. The van der Waals surface area contributed by atoms with Crippen molar-refractivity contribution < 1.29 is 0 Å². The molecule has 480 valence electrons. The molecule has 22 rings (SSSR count). The Morgan fingerprint density at radius 1 is 0.144 bits per heavy atom. The highest BCUT2D eigenvalue weighted by Crippen LogP contribution is 2.50. The highest BCUT2D eigenvalue weighted by molar-refractivity contribution is 7.21. The van der Waals surface area contributed by atoms with Gasteiger partial charge in [-0.3, -0.25) is 0 Å². The number of fused-ring (bicyclic) bond motifs is 33. The second kappa shape index (κ2) is 23.0. The fourth-order valence-electron chi connectivity index (χ4n) is 19.8. The van der Waals surface area contributed by atoms with Crippen LogP contribution in [0.5, 0.6) is 0 Å². The van der Waals surface area contributed by atoms with Gasteiger partial charge in [0.1, 0.15) is 0 Å². The molecule has 6 aliphatic rings. The second-order valence-electron chi connectivity index (χ2n) is 28.8. The van der Waals surface area contributed by atoms with Gasteiger partial charge in [-0.25, -0.2) is 0 Å². The molecule has 0 fully saturated rings. The van der Waals surface area contributed by atoms with E-state index in [4.69, 9.17) is 0 Å². The van der Waals surface area contributed by atoms with Crippen LogP contribution in [0.15, 0.2) is 388 Å². The zero-order valence-electron chi connectivity index (χ0n) is 57.0. The predicted molar refractivity (Wildman–Crippen MR) is 447 cm³/mol. The quantitative estimate of drug-likeness (QED) is 0.111. The molecule has 16 aromatic rings. The number of hydrogen-bond acceptors (Lipinski definition) is 3. The van der Waals surface area contributed by atoms with Gasteiger partial charge in [0.15, 0.2) is 16.1 Å². The van der Waals surface area contributed by atoms with Crippen LogP contribution in [0, 0.1) is 0 Å². The first-order chi connectivity index (χ1) is 51.6. The maximum atomic E-state index is 2.75. The lowest BCUT2D eigenvalue weighted by atomic mass is 9.43. The van der Waals surface area contributed by atoms with Crippen LogP contribution in [0.3, 0.4) is 0 Å². The lowest BCUT2D eigenvalue weighted by Gasteiger charge is -2.45. The smallest absolute Gasteiger partial charge is 0.329 e. The minimum Gasteiger partial charge on any atom is -0.376 e. The van der Waals surface area contributed by atoms with Gasteiger partial charge in [0.2, 0.25) is 0 Å². The molecule has 8 heteroatoms. The molecule has 0 saturated heterocycles. The van der Waals surface area contributed by atoms with Gasteiger partial charge in [-0.2, -0.15) is 0 Å². The van der Waals surface area contributed by atoms with E-state index in [2.05, 4.69) is 403 Å². The molecule has 0 aliphatic carbocycles. The number of benzene rings is 16. The Morgan fingerprint density at radius 2 is 0.375 bits per heavy atom. The van der Waals surface area contributed by atoms with Crippen molar-refractivity contribution in [2.45, 2.75) is 0 Å². The van der Waals surface area contributed by atoms with E-state index < -0.39 is 16.1 Å².